The van der Waals surface area contributed by atoms with Gasteiger partial charge in [-0.15, -0.1) is 0 Å². The molecule has 4 nitrogen and oxygen atoms in total. The van der Waals surface area contributed by atoms with Crippen molar-refractivity contribution >= 4 is 5.91 Å². The summed E-state index contributed by atoms with van der Waals surface area (Å²) in [6.07, 6.45) is 1.57. The summed E-state index contributed by atoms with van der Waals surface area (Å²) in [4.78, 5) is 15.9. The van der Waals surface area contributed by atoms with Crippen LogP contribution < -0.4 is 0 Å². The molecule has 0 aromatic heterocycles. The summed E-state index contributed by atoms with van der Waals surface area (Å²) in [6, 6.07) is -0.123. The Morgan fingerprint density at radius 1 is 1.50 bits per heavy atom. The molecule has 1 heterocycles. The van der Waals surface area contributed by atoms with Crippen molar-refractivity contribution in [1.82, 2.24) is 9.80 Å². The summed E-state index contributed by atoms with van der Waals surface area (Å²) in [6.45, 7) is 4.64. The third kappa shape index (κ3) is 2.45. The molecule has 1 aliphatic rings. The number of amides is 1. The van der Waals surface area contributed by atoms with Crippen LogP contribution in [0.25, 0.3) is 0 Å². The molecule has 14 heavy (non-hydrogen) atoms. The molecule has 0 bridgehead atoms. The SMILES string of the molecule is CCN1CCCN(C)C(CCO)C1=O. The quantitative estimate of drug-likeness (QED) is 0.693. The second kappa shape index (κ2) is 5.32. The smallest absolute Gasteiger partial charge is 0.239 e. The predicted molar refractivity (Wildman–Crippen MR) is 55.0 cm³/mol. The highest BCUT2D eigenvalue weighted by Crippen LogP contribution is 2.12. The standard InChI is InChI=1S/C10H20N2O2/c1-3-12-7-4-6-11(2)9(5-8-13)10(12)14/h9,13H,3-8H2,1-2H3. The maximum Gasteiger partial charge on any atom is 0.239 e. The van der Waals surface area contributed by atoms with Crippen LogP contribution in [0.4, 0.5) is 0 Å². The number of aliphatic hydroxyl groups is 1. The van der Waals surface area contributed by atoms with Crippen molar-refractivity contribution in [2.45, 2.75) is 25.8 Å². The van der Waals surface area contributed by atoms with Crippen LogP contribution in [0.1, 0.15) is 19.8 Å². The highest BCUT2D eigenvalue weighted by Gasteiger charge is 2.28. The second-order valence-corrected chi connectivity index (χ2v) is 3.78. The van der Waals surface area contributed by atoms with Crippen LogP contribution in [0.5, 0.6) is 0 Å². The fourth-order valence-corrected chi connectivity index (χ4v) is 1.96. The molecule has 1 N–H and O–H groups in total. The summed E-state index contributed by atoms with van der Waals surface area (Å²) in [7, 11) is 1.96. The number of likely N-dealkylation sites (N-methyl/N-ethyl adjacent to an activating group) is 2. The summed E-state index contributed by atoms with van der Waals surface area (Å²) >= 11 is 0. The van der Waals surface area contributed by atoms with Crippen LogP contribution in [-0.2, 0) is 4.79 Å². The van der Waals surface area contributed by atoms with E-state index in [9.17, 15) is 4.79 Å². The largest absolute Gasteiger partial charge is 0.396 e. The molecule has 0 aliphatic carbocycles. The number of hydrogen-bond donors (Lipinski definition) is 1. The Hall–Kier alpha value is -0.610. The first kappa shape index (κ1) is 11.5. The Bertz CT molecular complexity index is 197. The fourth-order valence-electron chi connectivity index (χ4n) is 1.96. The lowest BCUT2D eigenvalue weighted by Crippen LogP contribution is -2.44. The minimum atomic E-state index is -0.123. The molecular weight excluding hydrogens is 180 g/mol. The molecule has 1 amide bonds. The van der Waals surface area contributed by atoms with Gasteiger partial charge in [-0.25, -0.2) is 0 Å². The van der Waals surface area contributed by atoms with Crippen LogP contribution in [0.3, 0.4) is 0 Å². The molecular formula is C10H20N2O2. The van der Waals surface area contributed by atoms with Gasteiger partial charge >= 0.3 is 0 Å². The Balaban J connectivity index is 2.69. The first-order chi connectivity index (χ1) is 6.70. The number of carbonyl (C=O) groups is 1. The van der Waals surface area contributed by atoms with E-state index in [0.717, 1.165) is 26.1 Å². The number of aliphatic hydroxyl groups excluding tert-OH is 1. The van der Waals surface area contributed by atoms with E-state index in [4.69, 9.17) is 5.11 Å². The highest BCUT2D eigenvalue weighted by atomic mass is 16.3. The summed E-state index contributed by atoms with van der Waals surface area (Å²) in [5.41, 5.74) is 0. The third-order valence-corrected chi connectivity index (χ3v) is 2.85. The van der Waals surface area contributed by atoms with Crippen molar-refractivity contribution in [3.05, 3.63) is 0 Å². The summed E-state index contributed by atoms with van der Waals surface area (Å²) in [5.74, 6) is 0.168. The van der Waals surface area contributed by atoms with Gasteiger partial charge in [0.25, 0.3) is 0 Å². The normalized spacial score (nSPS) is 25.2. The highest BCUT2D eigenvalue weighted by molar-refractivity contribution is 5.82. The molecule has 1 rings (SSSR count). The Labute approximate surface area is 85.5 Å². The van der Waals surface area contributed by atoms with Crippen molar-refractivity contribution in [1.29, 1.82) is 0 Å². The lowest BCUT2D eigenvalue weighted by Gasteiger charge is -2.26. The molecule has 1 aliphatic heterocycles. The average Bonchev–Trinajstić information content (AvgIpc) is 2.30. The van der Waals surface area contributed by atoms with E-state index in [1.54, 1.807) is 0 Å². The monoisotopic (exact) mass is 200 g/mol. The Kier molecular flexibility index (Phi) is 4.35. The first-order valence-corrected chi connectivity index (χ1v) is 5.30. The molecule has 1 fully saturated rings. The number of carbonyl (C=O) groups excluding carboxylic acids is 1. The van der Waals surface area contributed by atoms with Gasteiger partial charge in [-0.1, -0.05) is 0 Å². The Morgan fingerprint density at radius 2 is 2.21 bits per heavy atom. The van der Waals surface area contributed by atoms with Crippen LogP contribution >= 0.6 is 0 Å². The van der Waals surface area contributed by atoms with Crippen molar-refractivity contribution < 1.29 is 9.90 Å². The average molecular weight is 200 g/mol. The molecule has 1 unspecified atom stereocenters. The molecule has 1 atom stereocenters. The molecule has 1 saturated heterocycles. The van der Waals surface area contributed by atoms with Gasteiger partial charge in [0.15, 0.2) is 0 Å². The molecule has 0 aromatic rings. The lowest BCUT2D eigenvalue weighted by atomic mass is 10.1. The van der Waals surface area contributed by atoms with Crippen LogP contribution in [0, 0.1) is 0 Å². The van der Waals surface area contributed by atoms with E-state index >= 15 is 0 Å². The minimum Gasteiger partial charge on any atom is -0.396 e. The summed E-state index contributed by atoms with van der Waals surface area (Å²) in [5, 5.41) is 8.91. The number of rotatable bonds is 3. The van der Waals surface area contributed by atoms with E-state index in [-0.39, 0.29) is 18.6 Å². The van der Waals surface area contributed by atoms with Crippen molar-refractivity contribution in [2.24, 2.45) is 0 Å². The van der Waals surface area contributed by atoms with Crippen LogP contribution in [-0.4, -0.2) is 60.1 Å². The lowest BCUT2D eigenvalue weighted by molar-refractivity contribution is -0.135. The van der Waals surface area contributed by atoms with Crippen LogP contribution in [0.2, 0.25) is 0 Å². The fraction of sp³-hybridized carbons (Fsp3) is 0.900. The zero-order valence-corrected chi connectivity index (χ0v) is 9.07. The van der Waals surface area contributed by atoms with Crippen LogP contribution in [0.15, 0.2) is 0 Å². The molecule has 0 spiro atoms. The minimum absolute atomic E-state index is 0.0816. The zero-order chi connectivity index (χ0) is 10.6. The molecule has 82 valence electrons. The van der Waals surface area contributed by atoms with E-state index in [2.05, 4.69) is 0 Å². The zero-order valence-electron chi connectivity index (χ0n) is 9.07. The van der Waals surface area contributed by atoms with Gasteiger partial charge < -0.3 is 10.0 Å². The van der Waals surface area contributed by atoms with E-state index in [1.165, 1.54) is 0 Å². The van der Waals surface area contributed by atoms with Crippen molar-refractivity contribution in [3.8, 4) is 0 Å². The molecule has 0 radical (unpaired) electrons. The van der Waals surface area contributed by atoms with Gasteiger partial charge in [0.2, 0.25) is 5.91 Å². The van der Waals surface area contributed by atoms with E-state index in [1.807, 2.05) is 23.8 Å². The number of hydrogen-bond acceptors (Lipinski definition) is 3. The van der Waals surface area contributed by atoms with Gasteiger partial charge in [-0.2, -0.15) is 0 Å². The maximum absolute atomic E-state index is 12.0. The maximum atomic E-state index is 12.0. The Morgan fingerprint density at radius 3 is 2.79 bits per heavy atom. The van der Waals surface area contributed by atoms with Gasteiger partial charge in [-0.05, 0) is 26.8 Å². The molecule has 0 saturated carbocycles. The van der Waals surface area contributed by atoms with Gasteiger partial charge in [0.05, 0.1) is 6.04 Å². The first-order valence-electron chi connectivity index (χ1n) is 5.30. The van der Waals surface area contributed by atoms with Crippen molar-refractivity contribution in [3.63, 3.8) is 0 Å². The van der Waals surface area contributed by atoms with Gasteiger partial charge in [0.1, 0.15) is 0 Å². The predicted octanol–water partition coefficient (Wildman–Crippen LogP) is -0.0786. The topological polar surface area (TPSA) is 43.8 Å². The molecule has 0 aromatic carbocycles. The third-order valence-electron chi connectivity index (χ3n) is 2.85. The van der Waals surface area contributed by atoms with Crippen molar-refractivity contribution in [2.75, 3.05) is 33.3 Å². The van der Waals surface area contributed by atoms with Gasteiger partial charge in [0, 0.05) is 26.2 Å². The second-order valence-electron chi connectivity index (χ2n) is 3.78. The van der Waals surface area contributed by atoms with Gasteiger partial charge in [-0.3, -0.25) is 9.69 Å². The van der Waals surface area contributed by atoms with E-state index in [0.29, 0.717) is 6.42 Å². The number of nitrogens with zero attached hydrogens (tertiary/aromatic N) is 2. The molecule has 4 heteroatoms. The van der Waals surface area contributed by atoms with E-state index < -0.39 is 0 Å². The summed E-state index contributed by atoms with van der Waals surface area (Å²) < 4.78 is 0.